The highest BCUT2D eigenvalue weighted by Crippen LogP contribution is 2.21. The zero-order valence-corrected chi connectivity index (χ0v) is 7.68. The number of ether oxygens (including phenoxy) is 1. The zero-order chi connectivity index (χ0) is 8.97. The Morgan fingerprint density at radius 3 is 2.67 bits per heavy atom. The SMILES string of the molecule is CC(COC1CCCC1)C(=N)N. The van der Waals surface area contributed by atoms with E-state index < -0.39 is 0 Å². The molecule has 3 nitrogen and oxygen atoms in total. The molecule has 1 unspecified atom stereocenters. The van der Waals surface area contributed by atoms with Crippen LogP contribution in [0.4, 0.5) is 0 Å². The first-order valence-electron chi connectivity index (χ1n) is 4.65. The summed E-state index contributed by atoms with van der Waals surface area (Å²) in [7, 11) is 0. The van der Waals surface area contributed by atoms with E-state index >= 15 is 0 Å². The lowest BCUT2D eigenvalue weighted by Crippen LogP contribution is -2.25. The summed E-state index contributed by atoms with van der Waals surface area (Å²) >= 11 is 0. The van der Waals surface area contributed by atoms with Crippen molar-refractivity contribution in [3.05, 3.63) is 0 Å². The third-order valence-electron chi connectivity index (χ3n) is 2.42. The van der Waals surface area contributed by atoms with Crippen molar-refractivity contribution in [2.75, 3.05) is 6.61 Å². The lowest BCUT2D eigenvalue weighted by molar-refractivity contribution is 0.0484. The minimum absolute atomic E-state index is 0.0746. The molecule has 0 spiro atoms. The molecule has 3 heteroatoms. The van der Waals surface area contributed by atoms with Gasteiger partial charge in [-0.25, -0.2) is 0 Å². The van der Waals surface area contributed by atoms with Crippen molar-refractivity contribution in [1.82, 2.24) is 0 Å². The fourth-order valence-corrected chi connectivity index (χ4v) is 1.43. The smallest absolute Gasteiger partial charge is 0.0957 e. The monoisotopic (exact) mass is 170 g/mol. The van der Waals surface area contributed by atoms with E-state index in [1.54, 1.807) is 0 Å². The summed E-state index contributed by atoms with van der Waals surface area (Å²) in [5, 5.41) is 7.17. The second kappa shape index (κ2) is 4.45. The van der Waals surface area contributed by atoms with E-state index in [4.69, 9.17) is 15.9 Å². The lowest BCUT2D eigenvalue weighted by atomic mass is 10.2. The summed E-state index contributed by atoms with van der Waals surface area (Å²) < 4.78 is 5.61. The van der Waals surface area contributed by atoms with Gasteiger partial charge in [0.25, 0.3) is 0 Å². The van der Waals surface area contributed by atoms with Gasteiger partial charge in [-0.2, -0.15) is 0 Å². The molecular weight excluding hydrogens is 152 g/mol. The van der Waals surface area contributed by atoms with E-state index in [9.17, 15) is 0 Å². The number of amidine groups is 1. The fourth-order valence-electron chi connectivity index (χ4n) is 1.43. The number of hydrogen-bond acceptors (Lipinski definition) is 2. The summed E-state index contributed by atoms with van der Waals surface area (Å²) in [6.45, 7) is 2.54. The molecule has 1 rings (SSSR count). The van der Waals surface area contributed by atoms with Crippen molar-refractivity contribution in [3.8, 4) is 0 Å². The maximum Gasteiger partial charge on any atom is 0.0957 e. The summed E-state index contributed by atoms with van der Waals surface area (Å²) in [5.74, 6) is 0.304. The highest BCUT2D eigenvalue weighted by atomic mass is 16.5. The first-order valence-corrected chi connectivity index (χ1v) is 4.65. The summed E-state index contributed by atoms with van der Waals surface area (Å²) in [6, 6.07) is 0. The average molecular weight is 170 g/mol. The minimum Gasteiger partial charge on any atom is -0.387 e. The van der Waals surface area contributed by atoms with Crippen molar-refractivity contribution in [2.24, 2.45) is 11.7 Å². The molecule has 0 saturated heterocycles. The van der Waals surface area contributed by atoms with Gasteiger partial charge in [0.1, 0.15) is 0 Å². The molecule has 0 radical (unpaired) electrons. The number of rotatable bonds is 4. The Labute approximate surface area is 73.8 Å². The number of nitrogens with one attached hydrogen (secondary N) is 1. The summed E-state index contributed by atoms with van der Waals surface area (Å²) in [4.78, 5) is 0. The molecule has 1 aliphatic carbocycles. The molecule has 0 aromatic rings. The quantitative estimate of drug-likeness (QED) is 0.496. The molecule has 3 N–H and O–H groups in total. The highest BCUT2D eigenvalue weighted by molar-refractivity contribution is 5.79. The highest BCUT2D eigenvalue weighted by Gasteiger charge is 2.16. The Kier molecular flexibility index (Phi) is 3.53. The van der Waals surface area contributed by atoms with Crippen LogP contribution in [0.3, 0.4) is 0 Å². The molecule has 0 heterocycles. The standard InChI is InChI=1S/C9H18N2O/c1-7(9(10)11)6-12-8-4-2-3-5-8/h7-8H,2-6H2,1H3,(H3,10,11). The van der Waals surface area contributed by atoms with E-state index in [0.29, 0.717) is 12.7 Å². The van der Waals surface area contributed by atoms with Gasteiger partial charge < -0.3 is 10.5 Å². The Morgan fingerprint density at radius 2 is 2.17 bits per heavy atom. The first-order chi connectivity index (χ1) is 5.70. The predicted octanol–water partition coefficient (Wildman–Crippen LogP) is 1.52. The maximum absolute atomic E-state index is 7.17. The van der Waals surface area contributed by atoms with Gasteiger partial charge >= 0.3 is 0 Å². The Balaban J connectivity index is 2.11. The van der Waals surface area contributed by atoms with Gasteiger partial charge in [0, 0.05) is 5.92 Å². The van der Waals surface area contributed by atoms with Crippen molar-refractivity contribution >= 4 is 5.84 Å². The molecule has 1 fully saturated rings. The third kappa shape index (κ3) is 2.81. The summed E-state index contributed by atoms with van der Waals surface area (Å²) in [6.07, 6.45) is 5.39. The minimum atomic E-state index is 0.0746. The Bertz CT molecular complexity index is 153. The van der Waals surface area contributed by atoms with E-state index in [2.05, 4.69) is 0 Å². The normalized spacial score (nSPS) is 21.1. The molecule has 0 aromatic carbocycles. The van der Waals surface area contributed by atoms with Crippen molar-refractivity contribution in [2.45, 2.75) is 38.7 Å². The van der Waals surface area contributed by atoms with Crippen LogP contribution in [-0.2, 0) is 4.74 Å². The summed E-state index contributed by atoms with van der Waals surface area (Å²) in [5.41, 5.74) is 5.32. The van der Waals surface area contributed by atoms with Crippen LogP contribution in [-0.4, -0.2) is 18.5 Å². The Morgan fingerprint density at radius 1 is 1.58 bits per heavy atom. The van der Waals surface area contributed by atoms with Crippen LogP contribution in [0.25, 0.3) is 0 Å². The first kappa shape index (κ1) is 9.52. The molecule has 1 aliphatic rings. The second-order valence-electron chi connectivity index (χ2n) is 3.60. The number of hydrogen-bond donors (Lipinski definition) is 2. The molecule has 0 bridgehead atoms. The molecular formula is C9H18N2O. The van der Waals surface area contributed by atoms with Gasteiger partial charge in [-0.15, -0.1) is 0 Å². The van der Waals surface area contributed by atoms with Gasteiger partial charge in [-0.3, -0.25) is 5.41 Å². The van der Waals surface area contributed by atoms with Crippen molar-refractivity contribution in [3.63, 3.8) is 0 Å². The molecule has 12 heavy (non-hydrogen) atoms. The maximum atomic E-state index is 7.17. The average Bonchev–Trinajstić information content (AvgIpc) is 2.51. The van der Waals surface area contributed by atoms with E-state index in [0.717, 1.165) is 0 Å². The van der Waals surface area contributed by atoms with Crippen LogP contribution in [0.15, 0.2) is 0 Å². The van der Waals surface area contributed by atoms with E-state index in [-0.39, 0.29) is 11.8 Å². The van der Waals surface area contributed by atoms with Crippen LogP contribution < -0.4 is 5.73 Å². The Hall–Kier alpha value is -0.570. The van der Waals surface area contributed by atoms with Crippen LogP contribution in [0.5, 0.6) is 0 Å². The van der Waals surface area contributed by atoms with E-state index in [1.165, 1.54) is 25.7 Å². The molecule has 1 saturated carbocycles. The second-order valence-corrected chi connectivity index (χ2v) is 3.60. The third-order valence-corrected chi connectivity index (χ3v) is 2.42. The van der Waals surface area contributed by atoms with Crippen LogP contribution in [0.2, 0.25) is 0 Å². The molecule has 1 atom stereocenters. The fraction of sp³-hybridized carbons (Fsp3) is 0.889. The zero-order valence-electron chi connectivity index (χ0n) is 7.68. The van der Waals surface area contributed by atoms with Crippen molar-refractivity contribution < 1.29 is 4.74 Å². The van der Waals surface area contributed by atoms with Gasteiger partial charge in [-0.1, -0.05) is 19.8 Å². The van der Waals surface area contributed by atoms with Crippen LogP contribution in [0, 0.1) is 11.3 Å². The van der Waals surface area contributed by atoms with Gasteiger partial charge in [0.2, 0.25) is 0 Å². The lowest BCUT2D eigenvalue weighted by Gasteiger charge is -2.14. The van der Waals surface area contributed by atoms with Crippen LogP contribution >= 0.6 is 0 Å². The van der Waals surface area contributed by atoms with Crippen molar-refractivity contribution in [1.29, 1.82) is 5.41 Å². The largest absolute Gasteiger partial charge is 0.387 e. The molecule has 70 valence electrons. The van der Waals surface area contributed by atoms with Gasteiger partial charge in [0.05, 0.1) is 18.5 Å². The van der Waals surface area contributed by atoms with E-state index in [1.807, 2.05) is 6.92 Å². The molecule has 0 amide bonds. The molecule has 0 aliphatic heterocycles. The van der Waals surface area contributed by atoms with Gasteiger partial charge in [0.15, 0.2) is 0 Å². The number of nitrogens with two attached hydrogens (primary N) is 1. The topological polar surface area (TPSA) is 59.1 Å². The van der Waals surface area contributed by atoms with Gasteiger partial charge in [-0.05, 0) is 12.8 Å². The van der Waals surface area contributed by atoms with Crippen LogP contribution in [0.1, 0.15) is 32.6 Å². The molecule has 0 aromatic heterocycles. The predicted molar refractivity (Wildman–Crippen MR) is 49.3 cm³/mol.